The van der Waals surface area contributed by atoms with Gasteiger partial charge in [-0.25, -0.2) is 5.01 Å². The molecule has 9 heteroatoms. The zero-order chi connectivity index (χ0) is 20.4. The summed E-state index contributed by atoms with van der Waals surface area (Å²) in [4.78, 5) is 35.3. The van der Waals surface area contributed by atoms with Crippen LogP contribution < -0.4 is 20.3 Å². The Morgan fingerprint density at radius 3 is 2.46 bits per heavy atom. The van der Waals surface area contributed by atoms with Gasteiger partial charge in [0.1, 0.15) is 11.3 Å². The lowest BCUT2D eigenvalue weighted by Gasteiger charge is -2.16. The van der Waals surface area contributed by atoms with Crippen LogP contribution >= 0.6 is 0 Å². The Morgan fingerprint density at radius 2 is 1.89 bits per heavy atom. The number of methoxy groups -OCH3 is 1. The molecule has 9 nitrogen and oxygen atoms in total. The molecule has 1 heterocycles. The number of benzene rings is 2. The Hall–Kier alpha value is -3.88. The summed E-state index contributed by atoms with van der Waals surface area (Å²) in [5.41, 5.74) is 3.06. The molecule has 1 N–H and O–H groups in total. The first-order valence-corrected chi connectivity index (χ1v) is 8.35. The maximum absolute atomic E-state index is 12.7. The van der Waals surface area contributed by atoms with Crippen LogP contribution in [0.5, 0.6) is 11.5 Å². The summed E-state index contributed by atoms with van der Waals surface area (Å²) >= 11 is 0. The van der Waals surface area contributed by atoms with E-state index in [4.69, 9.17) is 4.74 Å². The number of amides is 2. The van der Waals surface area contributed by atoms with Crippen molar-refractivity contribution in [2.24, 2.45) is 0 Å². The molecule has 0 aliphatic carbocycles. The van der Waals surface area contributed by atoms with Crippen molar-refractivity contribution < 1.29 is 24.4 Å². The number of rotatable bonds is 5. The number of carbonyl (C=O) groups is 2. The van der Waals surface area contributed by atoms with Crippen LogP contribution in [0, 0.1) is 10.1 Å². The van der Waals surface area contributed by atoms with Crippen molar-refractivity contribution in [1.82, 2.24) is 5.43 Å². The molecule has 1 aliphatic heterocycles. The van der Waals surface area contributed by atoms with Crippen molar-refractivity contribution in [3.05, 3.63) is 63.2 Å². The molecule has 0 spiro atoms. The molecule has 0 unspecified atom stereocenters. The van der Waals surface area contributed by atoms with Crippen LogP contribution in [0.2, 0.25) is 0 Å². The summed E-state index contributed by atoms with van der Waals surface area (Å²) < 4.78 is 4.86. The largest absolute Gasteiger partial charge is 0.870 e. The van der Waals surface area contributed by atoms with Gasteiger partial charge in [-0.15, -0.1) is 0 Å². The van der Waals surface area contributed by atoms with Crippen LogP contribution in [0.1, 0.15) is 18.1 Å². The summed E-state index contributed by atoms with van der Waals surface area (Å²) in [6.45, 7) is 1.99. The average Bonchev–Trinajstić information content (AvgIpc) is 2.97. The van der Waals surface area contributed by atoms with Crippen molar-refractivity contribution in [1.29, 1.82) is 0 Å². The van der Waals surface area contributed by atoms with Gasteiger partial charge in [-0.05, 0) is 35.8 Å². The number of hydrogen-bond acceptors (Lipinski definition) is 6. The smallest absolute Gasteiger partial charge is 0.282 e. The fourth-order valence-corrected chi connectivity index (χ4v) is 2.75. The van der Waals surface area contributed by atoms with Crippen LogP contribution in [0.25, 0.3) is 6.08 Å². The third-order valence-corrected chi connectivity index (χ3v) is 4.29. The molecule has 28 heavy (non-hydrogen) atoms. The number of hydrazine groups is 1. The molecule has 0 radical (unpaired) electrons. The van der Waals surface area contributed by atoms with E-state index in [2.05, 4.69) is 5.43 Å². The fraction of sp³-hybridized carbons (Fsp3) is 0.158. The Morgan fingerprint density at radius 1 is 1.21 bits per heavy atom. The second kappa shape index (κ2) is 7.39. The molecular weight excluding hydrogens is 366 g/mol. The Kier molecular flexibility index (Phi) is 4.99. The minimum Gasteiger partial charge on any atom is -0.870 e. The summed E-state index contributed by atoms with van der Waals surface area (Å²) in [6.07, 6.45) is 1.86. The second-order valence-corrected chi connectivity index (χ2v) is 5.98. The number of non-ortho nitro benzene ring substituents is 1. The molecule has 1 saturated heterocycles. The Labute approximate surface area is 160 Å². The lowest BCUT2D eigenvalue weighted by atomic mass is 10.1. The van der Waals surface area contributed by atoms with Crippen molar-refractivity contribution in [3.8, 4) is 11.5 Å². The molecular formula is C19H16N3O6-. The molecule has 144 valence electrons. The van der Waals surface area contributed by atoms with Gasteiger partial charge in [0.05, 0.1) is 23.8 Å². The lowest BCUT2D eigenvalue weighted by molar-refractivity contribution is -0.385. The van der Waals surface area contributed by atoms with Crippen LogP contribution in [-0.2, 0) is 16.0 Å². The van der Waals surface area contributed by atoms with E-state index in [1.807, 2.05) is 19.1 Å². The first-order valence-electron chi connectivity index (χ1n) is 8.35. The lowest BCUT2D eigenvalue weighted by Crippen LogP contribution is -2.35. The zero-order valence-electron chi connectivity index (χ0n) is 15.1. The predicted octanol–water partition coefficient (Wildman–Crippen LogP) is 1.70. The van der Waals surface area contributed by atoms with Gasteiger partial charge in [0.2, 0.25) is 0 Å². The highest BCUT2D eigenvalue weighted by atomic mass is 16.6. The number of nitrogens with zero attached hydrogens (tertiary/aromatic N) is 2. The molecule has 2 amide bonds. The minimum atomic E-state index is -0.713. The fourth-order valence-electron chi connectivity index (χ4n) is 2.75. The normalized spacial score (nSPS) is 15.1. The van der Waals surface area contributed by atoms with Crippen LogP contribution in [0.15, 0.2) is 42.0 Å². The number of ether oxygens (including phenoxy) is 1. The van der Waals surface area contributed by atoms with E-state index in [0.29, 0.717) is 5.69 Å². The van der Waals surface area contributed by atoms with Gasteiger partial charge >= 0.3 is 0 Å². The predicted molar refractivity (Wildman–Crippen MR) is 98.5 cm³/mol. The van der Waals surface area contributed by atoms with E-state index in [1.54, 1.807) is 12.1 Å². The highest BCUT2D eigenvalue weighted by Gasteiger charge is 2.34. The summed E-state index contributed by atoms with van der Waals surface area (Å²) in [6, 6.07) is 9.03. The van der Waals surface area contributed by atoms with Gasteiger partial charge in [0.15, 0.2) is 0 Å². The van der Waals surface area contributed by atoms with Crippen molar-refractivity contribution >= 4 is 29.3 Å². The Balaban J connectivity index is 2.00. The van der Waals surface area contributed by atoms with E-state index < -0.39 is 22.5 Å². The van der Waals surface area contributed by atoms with E-state index >= 15 is 0 Å². The quantitative estimate of drug-likeness (QED) is 0.363. The summed E-state index contributed by atoms with van der Waals surface area (Å²) in [5, 5.41) is 24.5. The number of carbonyl (C=O) groups excluding carboxylic acids is 2. The molecule has 2 aromatic rings. The number of nitrogens with one attached hydrogen (secondary N) is 1. The maximum Gasteiger partial charge on any atom is 0.282 e. The van der Waals surface area contributed by atoms with Gasteiger partial charge in [-0.2, -0.15) is 0 Å². The maximum atomic E-state index is 12.7. The van der Waals surface area contributed by atoms with Crippen LogP contribution in [0.3, 0.4) is 0 Å². The van der Waals surface area contributed by atoms with Crippen molar-refractivity contribution in [2.45, 2.75) is 13.3 Å². The standard InChI is InChI=1S/C19H17N3O6/c1-3-11-4-6-13(7-5-11)21-19(25)15(18(24)20-21)9-12-8-14(22(26)27)10-16(28-2)17(12)23/h4-10,23H,3H2,1-2H3,(H,20,24)/p-1/b15-9-. The molecule has 2 aromatic carbocycles. The third kappa shape index (κ3) is 3.37. The van der Waals surface area contributed by atoms with Gasteiger partial charge in [0, 0.05) is 6.07 Å². The van der Waals surface area contributed by atoms with Crippen molar-refractivity contribution in [2.75, 3.05) is 12.1 Å². The number of aryl methyl sites for hydroxylation is 1. The van der Waals surface area contributed by atoms with Crippen molar-refractivity contribution in [3.63, 3.8) is 0 Å². The topological polar surface area (TPSA) is 125 Å². The molecule has 0 atom stereocenters. The minimum absolute atomic E-state index is 0.187. The molecule has 0 saturated carbocycles. The van der Waals surface area contributed by atoms with Crippen LogP contribution in [0.4, 0.5) is 11.4 Å². The van der Waals surface area contributed by atoms with E-state index in [0.717, 1.165) is 35.2 Å². The van der Waals surface area contributed by atoms with Gasteiger partial charge in [0.25, 0.3) is 17.5 Å². The second-order valence-electron chi connectivity index (χ2n) is 5.98. The number of anilines is 1. The number of hydrogen-bond donors (Lipinski definition) is 1. The summed E-state index contributed by atoms with van der Waals surface area (Å²) in [7, 11) is 1.20. The molecule has 3 rings (SSSR count). The monoisotopic (exact) mass is 382 g/mol. The van der Waals surface area contributed by atoms with E-state index in [-0.39, 0.29) is 22.6 Å². The third-order valence-electron chi connectivity index (χ3n) is 4.29. The van der Waals surface area contributed by atoms with Crippen LogP contribution in [-0.4, -0.2) is 23.8 Å². The highest BCUT2D eigenvalue weighted by Crippen LogP contribution is 2.34. The first kappa shape index (κ1) is 18.9. The molecule has 1 fully saturated rings. The summed E-state index contributed by atoms with van der Waals surface area (Å²) in [5.74, 6) is -2.29. The SMILES string of the molecule is CCc1ccc(N2NC(=O)/C(=C/c3cc([N+](=O)[O-])cc(OC)c3[O-])C2=O)cc1. The molecule has 0 bridgehead atoms. The van der Waals surface area contributed by atoms with E-state index in [1.165, 1.54) is 7.11 Å². The van der Waals surface area contributed by atoms with Gasteiger partial charge < -0.3 is 9.84 Å². The molecule has 1 aliphatic rings. The van der Waals surface area contributed by atoms with E-state index in [9.17, 15) is 24.8 Å². The number of nitro groups is 1. The Bertz CT molecular complexity index is 997. The average molecular weight is 382 g/mol. The van der Waals surface area contributed by atoms with Gasteiger partial charge in [-0.1, -0.05) is 24.8 Å². The highest BCUT2D eigenvalue weighted by molar-refractivity contribution is 6.31. The zero-order valence-corrected chi connectivity index (χ0v) is 15.1. The number of nitro benzene ring substituents is 1. The molecule has 0 aromatic heterocycles. The first-order chi connectivity index (χ1) is 13.3. The van der Waals surface area contributed by atoms with Gasteiger partial charge in [-0.3, -0.25) is 25.1 Å².